The lowest BCUT2D eigenvalue weighted by atomic mass is 9.86. The standard InChI is InChI=1S/C32H36N2O6/c1-31(2,3)29(35)23(19-33)15-21-9-11-25(27(17-21)37-7)39-13-14-40-26-12-10-22(18-28(26)38-8)16-24(20-34)30(36)32(4,5)6/h9-12,15-18H,13-14H2,1-8H3. The molecule has 0 fully saturated rings. The quantitative estimate of drug-likeness (QED) is 0.186. The molecule has 0 aromatic heterocycles. The topological polar surface area (TPSA) is 119 Å². The van der Waals surface area contributed by atoms with Crippen LogP contribution in [0.4, 0.5) is 0 Å². The third kappa shape index (κ3) is 8.47. The van der Waals surface area contributed by atoms with Gasteiger partial charge in [0.15, 0.2) is 34.6 Å². The number of benzene rings is 2. The van der Waals surface area contributed by atoms with E-state index in [4.69, 9.17) is 18.9 Å². The van der Waals surface area contributed by atoms with E-state index in [1.807, 2.05) is 12.1 Å². The van der Waals surface area contributed by atoms with Gasteiger partial charge >= 0.3 is 0 Å². The zero-order valence-electron chi connectivity index (χ0n) is 24.4. The van der Waals surface area contributed by atoms with Gasteiger partial charge in [-0.15, -0.1) is 0 Å². The van der Waals surface area contributed by atoms with Gasteiger partial charge in [-0.2, -0.15) is 10.5 Å². The van der Waals surface area contributed by atoms with E-state index >= 15 is 0 Å². The Hall–Kier alpha value is -4.56. The van der Waals surface area contributed by atoms with Gasteiger partial charge in [-0.25, -0.2) is 0 Å². The molecular weight excluding hydrogens is 508 g/mol. The van der Waals surface area contributed by atoms with E-state index in [1.54, 1.807) is 77.9 Å². The zero-order chi connectivity index (χ0) is 30.1. The molecule has 0 bridgehead atoms. The predicted octanol–water partition coefficient (Wildman–Crippen LogP) is 6.21. The van der Waals surface area contributed by atoms with E-state index < -0.39 is 10.8 Å². The number of ether oxygens (including phenoxy) is 4. The van der Waals surface area contributed by atoms with Crippen molar-refractivity contribution in [3.05, 3.63) is 58.7 Å². The van der Waals surface area contributed by atoms with Crippen molar-refractivity contribution < 1.29 is 28.5 Å². The highest BCUT2D eigenvalue weighted by Crippen LogP contribution is 2.32. The number of hydrogen-bond acceptors (Lipinski definition) is 8. The van der Waals surface area contributed by atoms with Crippen molar-refractivity contribution in [2.45, 2.75) is 41.5 Å². The Balaban J connectivity index is 2.11. The third-order valence-electron chi connectivity index (χ3n) is 5.69. The first-order chi connectivity index (χ1) is 18.7. The van der Waals surface area contributed by atoms with Crippen molar-refractivity contribution in [1.82, 2.24) is 0 Å². The molecule has 0 aliphatic rings. The predicted molar refractivity (Wildman–Crippen MR) is 153 cm³/mol. The van der Waals surface area contributed by atoms with Gasteiger partial charge in [0.25, 0.3) is 0 Å². The van der Waals surface area contributed by atoms with Gasteiger partial charge in [0.05, 0.1) is 25.4 Å². The minimum Gasteiger partial charge on any atom is -0.493 e. The van der Waals surface area contributed by atoms with Crippen molar-refractivity contribution in [3.63, 3.8) is 0 Å². The summed E-state index contributed by atoms with van der Waals surface area (Å²) in [5, 5.41) is 18.9. The summed E-state index contributed by atoms with van der Waals surface area (Å²) in [6.45, 7) is 11.0. The zero-order valence-corrected chi connectivity index (χ0v) is 24.4. The SMILES string of the molecule is COc1cc(C=C(C#N)C(=O)C(C)(C)C)ccc1OCCOc1ccc(C=C(C#N)C(=O)C(C)(C)C)cc1OC. The molecule has 8 heteroatoms. The average Bonchev–Trinajstić information content (AvgIpc) is 2.91. The van der Waals surface area contributed by atoms with Gasteiger partial charge in [-0.1, -0.05) is 53.7 Å². The highest BCUT2D eigenvalue weighted by molar-refractivity contribution is 6.06. The molecule has 40 heavy (non-hydrogen) atoms. The Bertz CT molecular complexity index is 1280. The van der Waals surface area contributed by atoms with Gasteiger partial charge in [-0.05, 0) is 47.5 Å². The number of rotatable bonds is 11. The van der Waals surface area contributed by atoms with Gasteiger partial charge in [-0.3, -0.25) is 9.59 Å². The second-order valence-electron chi connectivity index (χ2n) is 11.0. The van der Waals surface area contributed by atoms with E-state index in [1.165, 1.54) is 26.4 Å². The van der Waals surface area contributed by atoms with Crippen LogP contribution in [-0.4, -0.2) is 39.0 Å². The molecule has 0 amide bonds. The molecular formula is C32H36N2O6. The van der Waals surface area contributed by atoms with E-state index in [-0.39, 0.29) is 35.9 Å². The first-order valence-corrected chi connectivity index (χ1v) is 12.7. The molecule has 0 N–H and O–H groups in total. The van der Waals surface area contributed by atoms with Gasteiger partial charge in [0.1, 0.15) is 25.4 Å². The Labute approximate surface area is 236 Å². The molecule has 0 aliphatic heterocycles. The summed E-state index contributed by atoms with van der Waals surface area (Å²) in [5.41, 5.74) is 0.0707. The second-order valence-corrected chi connectivity index (χ2v) is 11.0. The van der Waals surface area contributed by atoms with E-state index in [2.05, 4.69) is 0 Å². The monoisotopic (exact) mass is 544 g/mol. The Morgan fingerprint density at radius 2 is 1.02 bits per heavy atom. The van der Waals surface area contributed by atoms with Crippen molar-refractivity contribution in [2.24, 2.45) is 10.8 Å². The number of carbonyl (C=O) groups excluding carboxylic acids is 2. The van der Waals surface area contributed by atoms with Crippen LogP contribution in [0.3, 0.4) is 0 Å². The number of carbonyl (C=O) groups is 2. The largest absolute Gasteiger partial charge is 0.493 e. The number of allylic oxidation sites excluding steroid dienone is 2. The number of Topliss-reactive ketones (excluding diaryl/α,β-unsaturated/α-hetero) is 2. The minimum atomic E-state index is -0.667. The molecule has 8 nitrogen and oxygen atoms in total. The van der Waals surface area contributed by atoms with Crippen LogP contribution in [0.2, 0.25) is 0 Å². The average molecular weight is 545 g/mol. The molecule has 210 valence electrons. The lowest BCUT2D eigenvalue weighted by molar-refractivity contribution is -0.122. The van der Waals surface area contributed by atoms with Crippen LogP contribution in [0.1, 0.15) is 52.7 Å². The third-order valence-corrected chi connectivity index (χ3v) is 5.69. The summed E-state index contributed by atoms with van der Waals surface area (Å²) < 4.78 is 22.5. The van der Waals surface area contributed by atoms with Gasteiger partial charge in [0, 0.05) is 10.8 Å². The number of hydrogen-bond donors (Lipinski definition) is 0. The molecule has 0 saturated carbocycles. The maximum absolute atomic E-state index is 12.5. The van der Waals surface area contributed by atoms with Crippen molar-refractivity contribution in [2.75, 3.05) is 27.4 Å². The summed E-state index contributed by atoms with van der Waals surface area (Å²) >= 11 is 0. The van der Waals surface area contributed by atoms with Crippen LogP contribution < -0.4 is 18.9 Å². The maximum atomic E-state index is 12.5. The summed E-state index contributed by atoms with van der Waals surface area (Å²) in [7, 11) is 3.01. The Morgan fingerprint density at radius 1 is 0.675 bits per heavy atom. The molecule has 0 atom stereocenters. The van der Waals surface area contributed by atoms with Crippen LogP contribution in [-0.2, 0) is 9.59 Å². The van der Waals surface area contributed by atoms with E-state index in [0.29, 0.717) is 34.1 Å². The Morgan fingerprint density at radius 3 is 1.30 bits per heavy atom. The molecule has 0 spiro atoms. The minimum absolute atomic E-state index is 0.0664. The maximum Gasteiger partial charge on any atom is 0.178 e. The molecule has 2 rings (SSSR count). The molecule has 0 unspecified atom stereocenters. The number of nitriles is 2. The fourth-order valence-electron chi connectivity index (χ4n) is 3.53. The lowest BCUT2D eigenvalue weighted by Crippen LogP contribution is -2.21. The summed E-state index contributed by atoms with van der Waals surface area (Å²) in [4.78, 5) is 25.0. The summed E-state index contributed by atoms with van der Waals surface area (Å²) in [6, 6.07) is 14.2. The van der Waals surface area contributed by atoms with E-state index in [0.717, 1.165) is 0 Å². The highest BCUT2D eigenvalue weighted by atomic mass is 16.5. The summed E-state index contributed by atoms with van der Waals surface area (Å²) in [5.74, 6) is 1.36. The van der Waals surface area contributed by atoms with Crippen LogP contribution in [0.25, 0.3) is 12.2 Å². The molecule has 0 saturated heterocycles. The second kappa shape index (κ2) is 13.5. The molecule has 0 heterocycles. The first kappa shape index (κ1) is 31.7. The van der Waals surface area contributed by atoms with Gasteiger partial charge < -0.3 is 18.9 Å². The molecule has 0 radical (unpaired) electrons. The van der Waals surface area contributed by atoms with Crippen LogP contribution in [0, 0.1) is 33.5 Å². The molecule has 2 aromatic rings. The fourth-order valence-corrected chi connectivity index (χ4v) is 3.53. The van der Waals surface area contributed by atoms with Gasteiger partial charge in [0.2, 0.25) is 0 Å². The van der Waals surface area contributed by atoms with E-state index in [9.17, 15) is 20.1 Å². The van der Waals surface area contributed by atoms with Crippen LogP contribution >= 0.6 is 0 Å². The first-order valence-electron chi connectivity index (χ1n) is 12.7. The van der Waals surface area contributed by atoms with Crippen molar-refractivity contribution >= 4 is 23.7 Å². The number of nitrogens with zero attached hydrogens (tertiary/aromatic N) is 2. The number of ketones is 2. The number of methoxy groups -OCH3 is 2. The van der Waals surface area contributed by atoms with Crippen molar-refractivity contribution in [3.8, 4) is 35.1 Å². The molecule has 2 aromatic carbocycles. The van der Waals surface area contributed by atoms with Crippen LogP contribution in [0.5, 0.6) is 23.0 Å². The summed E-state index contributed by atoms with van der Waals surface area (Å²) in [6.07, 6.45) is 3.07. The highest BCUT2D eigenvalue weighted by Gasteiger charge is 2.26. The smallest absolute Gasteiger partial charge is 0.178 e. The fraction of sp³-hybridized carbons (Fsp3) is 0.375. The van der Waals surface area contributed by atoms with Crippen LogP contribution in [0.15, 0.2) is 47.5 Å². The Kier molecular flexibility index (Phi) is 10.7. The van der Waals surface area contributed by atoms with Crippen molar-refractivity contribution in [1.29, 1.82) is 10.5 Å². The normalized spacial score (nSPS) is 12.2. The lowest BCUT2D eigenvalue weighted by Gasteiger charge is -2.16. The molecule has 0 aliphatic carbocycles.